The van der Waals surface area contributed by atoms with Crippen molar-refractivity contribution in [2.75, 3.05) is 27.9 Å². The molecular weight excluding hydrogens is 416 g/mol. The highest BCUT2D eigenvalue weighted by Crippen LogP contribution is 2.42. The fraction of sp³-hybridized carbons (Fsp3) is 0.259. The van der Waals surface area contributed by atoms with E-state index in [1.54, 1.807) is 21.3 Å². The zero-order valence-electron chi connectivity index (χ0n) is 19.1. The minimum absolute atomic E-state index is 0.0106. The van der Waals surface area contributed by atoms with E-state index in [4.69, 9.17) is 18.9 Å². The van der Waals surface area contributed by atoms with Crippen molar-refractivity contribution in [3.05, 3.63) is 83.0 Å². The molecule has 1 atom stereocenters. The van der Waals surface area contributed by atoms with Gasteiger partial charge in [-0.05, 0) is 53.4 Å². The lowest BCUT2D eigenvalue weighted by Crippen LogP contribution is -2.30. The van der Waals surface area contributed by atoms with Crippen molar-refractivity contribution >= 4 is 10.9 Å². The fourth-order valence-electron chi connectivity index (χ4n) is 4.59. The lowest BCUT2D eigenvalue weighted by atomic mass is 9.94. The Morgan fingerprint density at radius 3 is 2.33 bits per heavy atom. The molecule has 0 radical (unpaired) electrons. The first-order chi connectivity index (χ1) is 16.2. The van der Waals surface area contributed by atoms with Gasteiger partial charge in [-0.15, -0.1) is 0 Å². The molecule has 1 unspecified atom stereocenters. The highest BCUT2D eigenvalue weighted by atomic mass is 16.5. The average molecular weight is 445 g/mol. The largest absolute Gasteiger partial charge is 0.493 e. The summed E-state index contributed by atoms with van der Waals surface area (Å²) in [6.45, 7) is 1.42. The second-order valence-corrected chi connectivity index (χ2v) is 8.09. The van der Waals surface area contributed by atoms with Crippen LogP contribution < -0.4 is 24.3 Å². The third-order valence-corrected chi connectivity index (χ3v) is 6.19. The molecule has 0 aliphatic carbocycles. The van der Waals surface area contributed by atoms with Crippen LogP contribution in [0, 0.1) is 0 Å². The van der Waals surface area contributed by atoms with Gasteiger partial charge in [0.1, 0.15) is 12.4 Å². The highest BCUT2D eigenvalue weighted by molar-refractivity contribution is 5.86. The van der Waals surface area contributed by atoms with Crippen LogP contribution in [-0.2, 0) is 13.0 Å². The van der Waals surface area contributed by atoms with Crippen LogP contribution in [-0.4, -0.2) is 32.9 Å². The Balaban J connectivity index is 1.50. The summed E-state index contributed by atoms with van der Waals surface area (Å²) in [6.07, 6.45) is 0.943. The van der Waals surface area contributed by atoms with Crippen molar-refractivity contribution in [3.63, 3.8) is 0 Å². The van der Waals surface area contributed by atoms with Crippen LogP contribution in [0.25, 0.3) is 10.9 Å². The first kappa shape index (κ1) is 21.2. The van der Waals surface area contributed by atoms with E-state index >= 15 is 0 Å². The number of fused-ring (bicyclic) bond motifs is 3. The second-order valence-electron chi connectivity index (χ2n) is 8.09. The topological polar surface area (TPSA) is 64.7 Å². The summed E-state index contributed by atoms with van der Waals surface area (Å²) in [6, 6.07) is 20.5. The van der Waals surface area contributed by atoms with Crippen molar-refractivity contribution in [1.29, 1.82) is 0 Å². The zero-order chi connectivity index (χ0) is 22.8. The second kappa shape index (κ2) is 9.08. The summed E-state index contributed by atoms with van der Waals surface area (Å²) >= 11 is 0. The smallest absolute Gasteiger partial charge is 0.203 e. The van der Waals surface area contributed by atoms with Gasteiger partial charge in [-0.3, -0.25) is 0 Å². The van der Waals surface area contributed by atoms with Crippen molar-refractivity contribution in [2.24, 2.45) is 0 Å². The van der Waals surface area contributed by atoms with E-state index in [0.717, 1.165) is 41.1 Å². The molecule has 0 bridgehead atoms. The molecule has 3 aromatic carbocycles. The van der Waals surface area contributed by atoms with E-state index in [0.29, 0.717) is 23.9 Å². The molecule has 2 N–H and O–H groups in total. The number of rotatable bonds is 7. The molecule has 0 amide bonds. The molecule has 33 heavy (non-hydrogen) atoms. The third-order valence-electron chi connectivity index (χ3n) is 6.19. The molecule has 1 aliphatic heterocycles. The van der Waals surface area contributed by atoms with E-state index in [-0.39, 0.29) is 6.04 Å². The number of H-pyrrole nitrogens is 1. The molecule has 170 valence electrons. The molecule has 2 heterocycles. The van der Waals surface area contributed by atoms with Gasteiger partial charge in [0.05, 0.1) is 27.4 Å². The number of methoxy groups -OCH3 is 3. The van der Waals surface area contributed by atoms with E-state index in [1.165, 1.54) is 10.9 Å². The van der Waals surface area contributed by atoms with E-state index in [2.05, 4.69) is 34.6 Å². The number of hydrogen-bond acceptors (Lipinski definition) is 5. The molecule has 1 aromatic heterocycles. The lowest BCUT2D eigenvalue weighted by molar-refractivity contribution is 0.306. The minimum atomic E-state index is -0.0106. The zero-order valence-corrected chi connectivity index (χ0v) is 19.1. The van der Waals surface area contributed by atoms with Gasteiger partial charge in [0.2, 0.25) is 5.75 Å². The van der Waals surface area contributed by atoms with Gasteiger partial charge in [-0.25, -0.2) is 0 Å². The standard InChI is InChI=1S/C27H28N2O4/c1-30-23-13-18(14-24(31-2)27(23)32-3)25-26-20(11-12-28-25)21-15-19(9-10-22(21)29-26)33-16-17-7-5-4-6-8-17/h4-10,13-15,25,28-29H,11-12,16H2,1-3H3. The van der Waals surface area contributed by atoms with Gasteiger partial charge >= 0.3 is 0 Å². The first-order valence-electron chi connectivity index (χ1n) is 11.1. The van der Waals surface area contributed by atoms with Crippen LogP contribution in [0.15, 0.2) is 60.7 Å². The quantitative estimate of drug-likeness (QED) is 0.420. The van der Waals surface area contributed by atoms with Crippen LogP contribution in [0.5, 0.6) is 23.0 Å². The molecule has 4 aromatic rings. The van der Waals surface area contributed by atoms with Crippen LogP contribution in [0.4, 0.5) is 0 Å². The Morgan fingerprint density at radius 2 is 1.64 bits per heavy atom. The predicted octanol–water partition coefficient (Wildman–Crippen LogP) is 5.01. The van der Waals surface area contributed by atoms with Crippen LogP contribution in [0.2, 0.25) is 0 Å². The van der Waals surface area contributed by atoms with Gasteiger partial charge in [-0.1, -0.05) is 30.3 Å². The predicted molar refractivity (Wildman–Crippen MR) is 129 cm³/mol. The van der Waals surface area contributed by atoms with E-state index in [1.807, 2.05) is 36.4 Å². The SMILES string of the molecule is COc1cc(C2NCCc3c2[nH]c2ccc(OCc4ccccc4)cc32)cc(OC)c1OC. The summed E-state index contributed by atoms with van der Waals surface area (Å²) in [7, 11) is 4.90. The molecule has 0 saturated heterocycles. The van der Waals surface area contributed by atoms with E-state index < -0.39 is 0 Å². The average Bonchev–Trinajstić information content (AvgIpc) is 3.25. The molecular formula is C27H28N2O4. The summed E-state index contributed by atoms with van der Waals surface area (Å²) < 4.78 is 22.7. The summed E-state index contributed by atoms with van der Waals surface area (Å²) in [5.74, 6) is 2.76. The Bertz CT molecular complexity index is 1240. The highest BCUT2D eigenvalue weighted by Gasteiger charge is 2.27. The Labute approximate surface area is 193 Å². The summed E-state index contributed by atoms with van der Waals surface area (Å²) in [5.41, 5.74) is 5.78. The molecule has 0 spiro atoms. The summed E-state index contributed by atoms with van der Waals surface area (Å²) in [4.78, 5) is 3.64. The van der Waals surface area contributed by atoms with Gasteiger partial charge in [0.15, 0.2) is 11.5 Å². The Hall–Kier alpha value is -3.64. The third kappa shape index (κ3) is 3.98. The van der Waals surface area contributed by atoms with Gasteiger partial charge in [-0.2, -0.15) is 0 Å². The number of aromatic amines is 1. The van der Waals surface area contributed by atoms with Crippen molar-refractivity contribution in [2.45, 2.75) is 19.1 Å². The number of ether oxygens (including phenoxy) is 4. The minimum Gasteiger partial charge on any atom is -0.493 e. The number of aromatic nitrogens is 1. The maximum Gasteiger partial charge on any atom is 0.203 e. The van der Waals surface area contributed by atoms with Crippen molar-refractivity contribution in [1.82, 2.24) is 10.3 Å². The summed E-state index contributed by atoms with van der Waals surface area (Å²) in [5, 5.41) is 4.84. The number of nitrogens with one attached hydrogen (secondary N) is 2. The van der Waals surface area contributed by atoms with Crippen LogP contribution in [0.1, 0.15) is 28.4 Å². The van der Waals surface area contributed by atoms with Gasteiger partial charge < -0.3 is 29.2 Å². The molecule has 0 fully saturated rings. The molecule has 6 nitrogen and oxygen atoms in total. The first-order valence-corrected chi connectivity index (χ1v) is 11.1. The van der Waals surface area contributed by atoms with E-state index in [9.17, 15) is 0 Å². The van der Waals surface area contributed by atoms with Crippen molar-refractivity contribution in [3.8, 4) is 23.0 Å². The lowest BCUT2D eigenvalue weighted by Gasteiger charge is -2.26. The molecule has 5 rings (SSSR count). The van der Waals surface area contributed by atoms with Gasteiger partial charge in [0.25, 0.3) is 0 Å². The van der Waals surface area contributed by atoms with Crippen LogP contribution in [0.3, 0.4) is 0 Å². The van der Waals surface area contributed by atoms with Crippen LogP contribution >= 0.6 is 0 Å². The number of hydrogen-bond donors (Lipinski definition) is 2. The molecule has 0 saturated carbocycles. The maximum atomic E-state index is 6.08. The molecule has 1 aliphatic rings. The maximum absolute atomic E-state index is 6.08. The van der Waals surface area contributed by atoms with Gasteiger partial charge in [0, 0.05) is 23.1 Å². The Kier molecular flexibility index (Phi) is 5.84. The number of benzene rings is 3. The normalized spacial score (nSPS) is 15.2. The van der Waals surface area contributed by atoms with Crippen molar-refractivity contribution < 1.29 is 18.9 Å². The molecule has 6 heteroatoms. The monoisotopic (exact) mass is 444 g/mol. The Morgan fingerprint density at radius 1 is 0.879 bits per heavy atom. The fourth-order valence-corrected chi connectivity index (χ4v) is 4.59.